The highest BCUT2D eigenvalue weighted by atomic mass is 19.1. The van der Waals surface area contributed by atoms with Crippen LogP contribution < -0.4 is 0 Å². The Labute approximate surface area is 476 Å². The molecule has 2 saturated heterocycles. The number of phenols is 2. The van der Waals surface area contributed by atoms with Gasteiger partial charge in [-0.15, -0.1) is 0 Å². The van der Waals surface area contributed by atoms with Crippen molar-refractivity contribution in [1.29, 1.82) is 0 Å². The van der Waals surface area contributed by atoms with Gasteiger partial charge in [-0.2, -0.15) is 10.2 Å². The average molecular weight is 1120 g/mol. The Morgan fingerprint density at radius 1 is 0.720 bits per heavy atom. The van der Waals surface area contributed by atoms with Gasteiger partial charge in [0.1, 0.15) is 11.4 Å². The molecule has 12 rings (SSSR count). The molecule has 0 unspecified atom stereocenters. The average Bonchev–Trinajstić information content (AvgIpc) is 4.50. The number of likely N-dealkylation sites (N-methyl/N-ethyl adjacent to an activating group) is 2. The third kappa shape index (κ3) is 10.8. The lowest BCUT2D eigenvalue weighted by Gasteiger charge is -2.43. The smallest absolute Gasteiger partial charge is 0.240 e. The summed E-state index contributed by atoms with van der Waals surface area (Å²) in [5.74, 6) is -0.246. The molecule has 4 aliphatic heterocycles. The summed E-state index contributed by atoms with van der Waals surface area (Å²) in [5.41, 5.74) is 11.8. The van der Waals surface area contributed by atoms with Gasteiger partial charge in [-0.05, 0) is 156 Å². The minimum Gasteiger partial charge on any atom is -0.505 e. The molecule has 4 aromatic carbocycles. The molecule has 0 spiro atoms. The van der Waals surface area contributed by atoms with E-state index in [1.807, 2.05) is 62.2 Å². The van der Waals surface area contributed by atoms with Crippen molar-refractivity contribution >= 4 is 33.6 Å². The van der Waals surface area contributed by atoms with E-state index in [1.165, 1.54) is 24.3 Å². The van der Waals surface area contributed by atoms with Crippen LogP contribution in [-0.4, -0.2) is 182 Å². The maximum Gasteiger partial charge on any atom is 0.240 e. The zero-order chi connectivity index (χ0) is 57.8. The lowest BCUT2D eigenvalue weighted by Crippen LogP contribution is -2.59. The van der Waals surface area contributed by atoms with Gasteiger partial charge in [0.15, 0.2) is 34.8 Å². The van der Waals surface area contributed by atoms with Crippen LogP contribution >= 0.6 is 0 Å². The fourth-order valence-electron chi connectivity index (χ4n) is 12.8. The van der Waals surface area contributed by atoms with E-state index in [1.54, 1.807) is 0 Å². The molecule has 18 nitrogen and oxygen atoms in total. The molecule has 4 atom stereocenters. The lowest BCUT2D eigenvalue weighted by atomic mass is 9.96. The first-order valence-corrected chi connectivity index (χ1v) is 29.0. The number of rotatable bonds is 12. The number of halogens is 2. The summed E-state index contributed by atoms with van der Waals surface area (Å²) < 4.78 is 28.4. The van der Waals surface area contributed by atoms with E-state index in [2.05, 4.69) is 96.7 Å². The molecule has 82 heavy (non-hydrogen) atoms. The number of amides is 2. The molecule has 20 heteroatoms. The molecule has 0 saturated carbocycles. The lowest BCUT2D eigenvalue weighted by molar-refractivity contribution is -0.141. The summed E-state index contributed by atoms with van der Waals surface area (Å²) in [5, 5.41) is 36.8. The van der Waals surface area contributed by atoms with Crippen molar-refractivity contribution in [2.75, 3.05) is 60.4 Å². The first kappa shape index (κ1) is 56.3. The molecule has 2 amide bonds. The zero-order valence-electron chi connectivity index (χ0n) is 48.5. The van der Waals surface area contributed by atoms with Gasteiger partial charge in [0.2, 0.25) is 11.8 Å². The number of hydrogen-bond acceptors (Lipinski definition) is 12. The molecule has 6 N–H and O–H groups in total. The molecule has 432 valence electrons. The van der Waals surface area contributed by atoms with Gasteiger partial charge in [-0.25, -0.2) is 18.7 Å². The second-order valence-corrected chi connectivity index (χ2v) is 23.3. The molecular weight excluding hydrogens is 1040 g/mol. The van der Waals surface area contributed by atoms with Crippen LogP contribution in [-0.2, 0) is 48.4 Å². The van der Waals surface area contributed by atoms with Gasteiger partial charge in [0.05, 0.1) is 45.9 Å². The maximum atomic E-state index is 14.2. The Bertz CT molecular complexity index is 3680. The topological polar surface area (TPSA) is 209 Å². The number of aromatic amines is 4. The van der Waals surface area contributed by atoms with Crippen molar-refractivity contribution < 1.29 is 28.6 Å². The number of phenolic OH excluding ortho intramolecular Hbond substituents is 2. The van der Waals surface area contributed by atoms with Gasteiger partial charge in [0.25, 0.3) is 0 Å². The highest BCUT2D eigenvalue weighted by Gasteiger charge is 2.41. The number of fused-ring (bicyclic) bond motifs is 4. The number of imidazole rings is 2. The number of piperazine rings is 1. The second kappa shape index (κ2) is 23.0. The first-order valence-electron chi connectivity index (χ1n) is 29.0. The number of H-pyrrole nitrogens is 4. The van der Waals surface area contributed by atoms with Crippen LogP contribution in [0, 0.1) is 11.6 Å². The molecule has 4 aliphatic rings. The predicted molar refractivity (Wildman–Crippen MR) is 314 cm³/mol. The SMILES string of the molecule is CCCN1CCN(C(=O)[C@@H]2Cc3nc(-c4n[nH]c5cc(-c6cc(F)c(O)cc6CC)ccc45)[nH]c3CN2C)[C@H](C)C1.CCc1cc(O)c(F)cc1-c1ccc2c(-c3nc4c([nH]3)CN(C(C)C)[C@H](C(=O)N3CC[C@H](N(C)C)C3)C4)n[nH]c2c1. The standard InChI is InChI=1S/2C31H38FN7O2/c1-6-18-12-28(40)23(32)13-22(18)19-7-8-21-24(11-19)35-36-29(21)30-33-25-14-27(39(17(2)3)16-26(25)34-30)31(41)38-10-9-20(15-38)37(4)5;1-5-9-38-10-11-39(18(3)16-38)31(41)27-15-25-26(17-37(27)4)34-30(33-25)29-21-8-7-20(12-24(21)35-36-29)22-14-23(32)28(40)13-19(22)6-2/h7-8,11-13,17,20,27,40H,6,9-10,14-16H2,1-5H3,(H,33,34)(H,35,36);7-8,12-14,18,27,40H,5-6,9-11,15-17H2,1-4H3,(H,33,34)(H,35,36)/t20-,27-;18-,27+/m01/s1. The quantitative estimate of drug-likeness (QED) is 0.0680. The van der Waals surface area contributed by atoms with Crippen LogP contribution in [0.5, 0.6) is 11.5 Å². The molecule has 0 radical (unpaired) electrons. The number of aryl methyl sites for hydroxylation is 2. The Morgan fingerprint density at radius 2 is 1.27 bits per heavy atom. The maximum absolute atomic E-state index is 14.2. The summed E-state index contributed by atoms with van der Waals surface area (Å²) in [6.07, 6.45) is 4.57. The number of nitrogens with zero attached hydrogens (tertiary/aromatic N) is 10. The fraction of sp³-hybridized carbons (Fsp3) is 0.452. The van der Waals surface area contributed by atoms with Gasteiger partial charge >= 0.3 is 0 Å². The predicted octanol–water partition coefficient (Wildman–Crippen LogP) is 8.65. The van der Waals surface area contributed by atoms with Crippen LogP contribution in [0.1, 0.15) is 88.3 Å². The Balaban J connectivity index is 0.000000172. The summed E-state index contributed by atoms with van der Waals surface area (Å²) in [6.45, 7) is 19.1. The largest absolute Gasteiger partial charge is 0.505 e. The number of aromatic nitrogens is 8. The van der Waals surface area contributed by atoms with Crippen LogP contribution in [0.4, 0.5) is 8.78 Å². The highest BCUT2D eigenvalue weighted by Crippen LogP contribution is 2.37. The van der Waals surface area contributed by atoms with Crippen LogP contribution in [0.3, 0.4) is 0 Å². The van der Waals surface area contributed by atoms with E-state index in [0.29, 0.717) is 67.9 Å². The summed E-state index contributed by atoms with van der Waals surface area (Å²) in [4.78, 5) is 57.3. The molecule has 8 heterocycles. The normalized spacial score (nSPS) is 19.8. The van der Waals surface area contributed by atoms with Crippen molar-refractivity contribution in [2.24, 2.45) is 0 Å². The molecule has 2 fully saturated rings. The number of carbonyl (C=O) groups is 2. The molecule has 8 aromatic rings. The van der Waals surface area contributed by atoms with Gasteiger partial charge in [-0.3, -0.25) is 34.5 Å². The minimum absolute atomic E-state index is 0.182. The number of likely N-dealkylation sites (tertiary alicyclic amines) is 1. The van der Waals surface area contributed by atoms with E-state index in [9.17, 15) is 28.6 Å². The molecular formula is C62H76F2N14O4. The second-order valence-electron chi connectivity index (χ2n) is 23.3. The fourth-order valence-corrected chi connectivity index (χ4v) is 12.8. The summed E-state index contributed by atoms with van der Waals surface area (Å²) >= 11 is 0. The van der Waals surface area contributed by atoms with Crippen molar-refractivity contribution in [3.8, 4) is 56.8 Å². The van der Waals surface area contributed by atoms with Crippen molar-refractivity contribution in [3.05, 3.63) is 106 Å². The number of nitrogens with one attached hydrogen (secondary N) is 4. The van der Waals surface area contributed by atoms with Crippen LogP contribution in [0.2, 0.25) is 0 Å². The number of aromatic hydroxyl groups is 2. The van der Waals surface area contributed by atoms with E-state index in [0.717, 1.165) is 130 Å². The summed E-state index contributed by atoms with van der Waals surface area (Å²) in [7, 11) is 6.16. The van der Waals surface area contributed by atoms with E-state index >= 15 is 0 Å². The van der Waals surface area contributed by atoms with Gasteiger partial charge in [0, 0.05) is 87.6 Å². The highest BCUT2D eigenvalue weighted by molar-refractivity contribution is 5.95. The molecule has 0 bridgehead atoms. The zero-order valence-corrected chi connectivity index (χ0v) is 48.5. The summed E-state index contributed by atoms with van der Waals surface area (Å²) in [6, 6.07) is 17.8. The van der Waals surface area contributed by atoms with Crippen molar-refractivity contribution in [3.63, 3.8) is 0 Å². The monoisotopic (exact) mass is 1120 g/mol. The van der Waals surface area contributed by atoms with E-state index < -0.39 is 11.6 Å². The first-order chi connectivity index (χ1) is 39.4. The van der Waals surface area contributed by atoms with Crippen molar-refractivity contribution in [2.45, 2.75) is 123 Å². The number of hydrogen-bond donors (Lipinski definition) is 6. The van der Waals surface area contributed by atoms with E-state index in [4.69, 9.17) is 9.97 Å². The Morgan fingerprint density at radius 3 is 1.77 bits per heavy atom. The molecule has 0 aliphatic carbocycles. The minimum atomic E-state index is -0.641. The Kier molecular flexibility index (Phi) is 15.8. The van der Waals surface area contributed by atoms with Gasteiger partial charge < -0.3 is 34.9 Å². The Hall–Kier alpha value is -7.52. The number of carbonyl (C=O) groups excluding carboxylic acids is 2. The third-order valence-electron chi connectivity index (χ3n) is 17.5. The third-order valence-corrected chi connectivity index (χ3v) is 17.5. The van der Waals surface area contributed by atoms with Crippen molar-refractivity contribution in [1.82, 2.24) is 69.7 Å². The number of benzene rings is 4. The van der Waals surface area contributed by atoms with E-state index in [-0.39, 0.29) is 47.5 Å². The van der Waals surface area contributed by atoms with Crippen LogP contribution in [0.15, 0.2) is 60.7 Å². The molecule has 4 aromatic heterocycles. The van der Waals surface area contributed by atoms with Gasteiger partial charge in [-0.1, -0.05) is 32.9 Å². The van der Waals surface area contributed by atoms with Crippen LogP contribution in [0.25, 0.3) is 67.1 Å².